The molecule has 3 aromatic rings. The number of hydrogen-bond acceptors (Lipinski definition) is 7. The second-order valence-electron chi connectivity index (χ2n) is 12.0. The summed E-state index contributed by atoms with van der Waals surface area (Å²) in [4.78, 5) is 19.7. The highest BCUT2D eigenvalue weighted by Gasteiger charge is 2.33. The Kier molecular flexibility index (Phi) is 7.16. The second kappa shape index (κ2) is 10.7. The van der Waals surface area contributed by atoms with Crippen LogP contribution in [-0.4, -0.2) is 52.4 Å². The van der Waals surface area contributed by atoms with Crippen molar-refractivity contribution in [3.8, 4) is 0 Å². The van der Waals surface area contributed by atoms with Crippen LogP contribution >= 0.6 is 0 Å². The maximum Gasteiger partial charge on any atom is 0.229 e. The SMILES string of the molecule is C[C@H](C1CCC1)N(C)c1nc(N)c2c(n1)nc(N1CCOC[C@H]1c1ccccc1)n2C[C@H]1CC[C@H](C)CC1. The first-order chi connectivity index (χ1) is 18.5. The van der Waals surface area contributed by atoms with Crippen LogP contribution in [0.5, 0.6) is 0 Å². The van der Waals surface area contributed by atoms with Crippen LogP contribution in [0.3, 0.4) is 0 Å². The van der Waals surface area contributed by atoms with Gasteiger partial charge in [-0.05, 0) is 55.9 Å². The molecule has 0 radical (unpaired) electrons. The highest BCUT2D eigenvalue weighted by Crippen LogP contribution is 2.38. The minimum absolute atomic E-state index is 0.0989. The summed E-state index contributed by atoms with van der Waals surface area (Å²) in [7, 11) is 2.10. The molecule has 8 nitrogen and oxygen atoms in total. The lowest BCUT2D eigenvalue weighted by atomic mass is 9.80. The van der Waals surface area contributed by atoms with Gasteiger partial charge in [0.15, 0.2) is 11.5 Å². The third kappa shape index (κ3) is 4.83. The van der Waals surface area contributed by atoms with E-state index in [0.717, 1.165) is 30.5 Å². The first-order valence-corrected chi connectivity index (χ1v) is 14.7. The number of benzene rings is 1. The minimum Gasteiger partial charge on any atom is -0.382 e. The van der Waals surface area contributed by atoms with Gasteiger partial charge in [-0.3, -0.25) is 0 Å². The monoisotopic (exact) mass is 517 g/mol. The van der Waals surface area contributed by atoms with Gasteiger partial charge in [-0.25, -0.2) is 0 Å². The number of imidazole rings is 1. The lowest BCUT2D eigenvalue weighted by Crippen LogP contribution is -2.41. The molecule has 2 atom stereocenters. The van der Waals surface area contributed by atoms with Gasteiger partial charge in [0.1, 0.15) is 5.52 Å². The molecule has 2 saturated carbocycles. The number of nitrogen functional groups attached to an aromatic ring is 1. The zero-order chi connectivity index (χ0) is 26.2. The summed E-state index contributed by atoms with van der Waals surface area (Å²) in [5, 5.41) is 0. The zero-order valence-corrected chi connectivity index (χ0v) is 23.2. The summed E-state index contributed by atoms with van der Waals surface area (Å²) in [5.41, 5.74) is 9.58. The fourth-order valence-corrected chi connectivity index (χ4v) is 6.57. The van der Waals surface area contributed by atoms with Gasteiger partial charge in [0, 0.05) is 26.2 Å². The summed E-state index contributed by atoms with van der Waals surface area (Å²) in [6.45, 7) is 7.66. The van der Waals surface area contributed by atoms with Gasteiger partial charge >= 0.3 is 0 Å². The van der Waals surface area contributed by atoms with Crippen LogP contribution in [0.4, 0.5) is 17.7 Å². The van der Waals surface area contributed by atoms with Crippen molar-refractivity contribution in [1.29, 1.82) is 0 Å². The molecule has 0 unspecified atom stereocenters. The number of nitrogens with two attached hydrogens (primary N) is 1. The number of morpholine rings is 1. The average Bonchev–Trinajstić information content (AvgIpc) is 3.27. The minimum atomic E-state index is 0.0989. The molecule has 8 heteroatoms. The molecular weight excluding hydrogens is 474 g/mol. The van der Waals surface area contributed by atoms with E-state index in [9.17, 15) is 0 Å². The normalized spacial score (nSPS) is 25.3. The molecule has 3 heterocycles. The van der Waals surface area contributed by atoms with Gasteiger partial charge in [0.25, 0.3) is 0 Å². The van der Waals surface area contributed by atoms with Crippen molar-refractivity contribution in [3.63, 3.8) is 0 Å². The molecule has 0 bridgehead atoms. The fraction of sp³-hybridized carbons (Fsp3) is 0.633. The highest BCUT2D eigenvalue weighted by atomic mass is 16.5. The van der Waals surface area contributed by atoms with E-state index in [2.05, 4.69) is 65.6 Å². The molecule has 204 valence electrons. The van der Waals surface area contributed by atoms with E-state index >= 15 is 0 Å². The number of anilines is 3. The third-order valence-corrected chi connectivity index (χ3v) is 9.50. The average molecular weight is 518 g/mol. The molecule has 3 fully saturated rings. The molecule has 1 aliphatic heterocycles. The topological polar surface area (TPSA) is 85.3 Å². The van der Waals surface area contributed by atoms with Crippen LogP contribution < -0.4 is 15.5 Å². The molecule has 0 spiro atoms. The Hall–Kier alpha value is -2.87. The number of nitrogens with zero attached hydrogens (tertiary/aromatic N) is 6. The molecule has 3 aliphatic rings. The van der Waals surface area contributed by atoms with Gasteiger partial charge in [-0.2, -0.15) is 15.0 Å². The molecule has 1 aromatic carbocycles. The van der Waals surface area contributed by atoms with Gasteiger partial charge in [0.05, 0.1) is 19.3 Å². The number of aromatic nitrogens is 4. The van der Waals surface area contributed by atoms with Crippen LogP contribution in [0.2, 0.25) is 0 Å². The van der Waals surface area contributed by atoms with Crippen molar-refractivity contribution < 1.29 is 4.74 Å². The van der Waals surface area contributed by atoms with Gasteiger partial charge in [-0.1, -0.05) is 56.5 Å². The van der Waals surface area contributed by atoms with E-state index < -0.39 is 0 Å². The lowest BCUT2D eigenvalue weighted by molar-refractivity contribution is 0.0927. The Morgan fingerprint density at radius 3 is 2.53 bits per heavy atom. The van der Waals surface area contributed by atoms with E-state index in [0.29, 0.717) is 48.5 Å². The van der Waals surface area contributed by atoms with Gasteiger partial charge < -0.3 is 24.8 Å². The fourth-order valence-electron chi connectivity index (χ4n) is 6.57. The first kappa shape index (κ1) is 25.4. The Balaban J connectivity index is 1.41. The predicted octanol–water partition coefficient (Wildman–Crippen LogP) is 5.44. The van der Waals surface area contributed by atoms with Gasteiger partial charge in [-0.15, -0.1) is 0 Å². The largest absolute Gasteiger partial charge is 0.382 e. The number of ether oxygens (including phenoxy) is 1. The summed E-state index contributed by atoms with van der Waals surface area (Å²) >= 11 is 0. The van der Waals surface area contributed by atoms with Crippen LogP contribution in [0.1, 0.15) is 70.4 Å². The van der Waals surface area contributed by atoms with Crippen LogP contribution in [0, 0.1) is 17.8 Å². The van der Waals surface area contributed by atoms with Crippen LogP contribution in [0.25, 0.3) is 11.2 Å². The quantitative estimate of drug-likeness (QED) is 0.447. The van der Waals surface area contributed by atoms with E-state index in [1.165, 1.54) is 50.5 Å². The standard InChI is InChI=1S/C30H43N7O/c1-20-12-14-22(15-13-20)18-37-26-27(31)32-29(35(3)21(2)23-10-7-11-23)33-28(26)34-30(37)36-16-17-38-19-25(36)24-8-5-4-6-9-24/h4-6,8-9,20-23,25H,7,10-19H2,1-3H3,(H2,31,32,33)/t20-,21-,22-,25+/m1/s1. The molecule has 1 saturated heterocycles. The molecule has 38 heavy (non-hydrogen) atoms. The second-order valence-corrected chi connectivity index (χ2v) is 12.0. The van der Waals surface area contributed by atoms with Crippen molar-refractivity contribution in [2.24, 2.45) is 17.8 Å². The molecule has 0 amide bonds. The molecular formula is C30H43N7O. The van der Waals surface area contributed by atoms with Gasteiger partial charge in [0.2, 0.25) is 11.9 Å². The van der Waals surface area contributed by atoms with Crippen molar-refractivity contribution in [1.82, 2.24) is 19.5 Å². The maximum absolute atomic E-state index is 6.75. The number of hydrogen-bond donors (Lipinski definition) is 1. The maximum atomic E-state index is 6.75. The predicted molar refractivity (Wildman–Crippen MR) is 153 cm³/mol. The first-order valence-electron chi connectivity index (χ1n) is 14.7. The Morgan fingerprint density at radius 2 is 1.82 bits per heavy atom. The summed E-state index contributed by atoms with van der Waals surface area (Å²) < 4.78 is 8.30. The van der Waals surface area contributed by atoms with Crippen molar-refractivity contribution in [2.75, 3.05) is 42.3 Å². The van der Waals surface area contributed by atoms with Crippen LogP contribution in [0.15, 0.2) is 30.3 Å². The third-order valence-electron chi connectivity index (χ3n) is 9.50. The smallest absolute Gasteiger partial charge is 0.229 e. The van der Waals surface area contributed by atoms with E-state index in [4.69, 9.17) is 25.4 Å². The van der Waals surface area contributed by atoms with Crippen molar-refractivity contribution >= 4 is 28.9 Å². The molecule has 6 rings (SSSR count). The van der Waals surface area contributed by atoms with E-state index in [1.54, 1.807) is 0 Å². The number of rotatable bonds is 7. The Labute approximate surface area is 226 Å². The molecule has 2 N–H and O–H groups in total. The lowest BCUT2D eigenvalue weighted by Gasteiger charge is -2.37. The van der Waals surface area contributed by atoms with E-state index in [1.807, 2.05) is 0 Å². The summed E-state index contributed by atoms with van der Waals surface area (Å²) in [5.74, 6) is 4.28. The van der Waals surface area contributed by atoms with Crippen LogP contribution in [-0.2, 0) is 11.3 Å². The number of fused-ring (bicyclic) bond motifs is 1. The summed E-state index contributed by atoms with van der Waals surface area (Å²) in [6.07, 6.45) is 8.94. The Morgan fingerprint density at radius 1 is 1.05 bits per heavy atom. The Bertz CT molecular complexity index is 1230. The summed E-state index contributed by atoms with van der Waals surface area (Å²) in [6, 6.07) is 11.1. The van der Waals surface area contributed by atoms with Crippen molar-refractivity contribution in [3.05, 3.63) is 35.9 Å². The highest BCUT2D eigenvalue weighted by molar-refractivity contribution is 5.86. The van der Waals surface area contributed by atoms with Crippen molar-refractivity contribution in [2.45, 2.75) is 77.4 Å². The molecule has 2 aromatic heterocycles. The van der Waals surface area contributed by atoms with E-state index in [-0.39, 0.29) is 6.04 Å². The molecule has 2 aliphatic carbocycles. The zero-order valence-electron chi connectivity index (χ0n) is 23.2.